The molecular weight excluding hydrogens is 230 g/mol. The van der Waals surface area contributed by atoms with E-state index in [0.717, 1.165) is 30.9 Å². The van der Waals surface area contributed by atoms with Crippen LogP contribution < -0.4 is 10.1 Å². The van der Waals surface area contributed by atoms with Crippen LogP contribution in [0.2, 0.25) is 0 Å². The summed E-state index contributed by atoms with van der Waals surface area (Å²) >= 11 is 0. The highest BCUT2D eigenvalue weighted by Gasteiger charge is 2.34. The fourth-order valence-electron chi connectivity index (χ4n) is 2.58. The number of rotatable bonds is 2. The molecule has 0 bridgehead atoms. The van der Waals surface area contributed by atoms with Crippen LogP contribution in [0.25, 0.3) is 0 Å². The predicted octanol–water partition coefficient (Wildman–Crippen LogP) is 1.86. The van der Waals surface area contributed by atoms with Crippen molar-refractivity contribution in [2.45, 2.75) is 31.3 Å². The highest BCUT2D eigenvalue weighted by atomic mass is 16.7. The standard InChI is InChI=1S/C14H19NO3/c1-16-11-6-4-10(5-7-11)14-17-9-12-13(18-14)3-2-8-15-12/h4-7,12-15H,2-3,8-9H2,1H3/t12-,13-,14-/m1/s1. The van der Waals surface area contributed by atoms with Crippen molar-refractivity contribution < 1.29 is 14.2 Å². The Morgan fingerprint density at radius 1 is 1.28 bits per heavy atom. The quantitative estimate of drug-likeness (QED) is 0.868. The van der Waals surface area contributed by atoms with Gasteiger partial charge in [-0.15, -0.1) is 0 Å². The van der Waals surface area contributed by atoms with Crippen molar-refractivity contribution in [3.63, 3.8) is 0 Å². The molecule has 0 saturated carbocycles. The summed E-state index contributed by atoms with van der Waals surface area (Å²) in [4.78, 5) is 0. The highest BCUT2D eigenvalue weighted by Crippen LogP contribution is 2.30. The fraction of sp³-hybridized carbons (Fsp3) is 0.571. The van der Waals surface area contributed by atoms with Gasteiger partial charge < -0.3 is 19.5 Å². The summed E-state index contributed by atoms with van der Waals surface area (Å²) in [6.07, 6.45) is 2.33. The van der Waals surface area contributed by atoms with Crippen LogP contribution in [-0.4, -0.2) is 32.4 Å². The Morgan fingerprint density at radius 3 is 2.89 bits per heavy atom. The van der Waals surface area contributed by atoms with Crippen molar-refractivity contribution in [2.75, 3.05) is 20.3 Å². The van der Waals surface area contributed by atoms with Crippen LogP contribution in [0, 0.1) is 0 Å². The Balaban J connectivity index is 1.69. The second-order valence-corrected chi connectivity index (χ2v) is 4.82. The zero-order chi connectivity index (χ0) is 12.4. The minimum absolute atomic E-state index is 0.239. The van der Waals surface area contributed by atoms with Gasteiger partial charge in [0.25, 0.3) is 0 Å². The Hall–Kier alpha value is -1.10. The molecule has 3 atom stereocenters. The lowest BCUT2D eigenvalue weighted by atomic mass is 10.0. The molecule has 0 aliphatic carbocycles. The number of hydrogen-bond acceptors (Lipinski definition) is 4. The Labute approximate surface area is 107 Å². The first-order valence-corrected chi connectivity index (χ1v) is 6.51. The lowest BCUT2D eigenvalue weighted by molar-refractivity contribution is -0.234. The summed E-state index contributed by atoms with van der Waals surface area (Å²) in [5.74, 6) is 0.853. The van der Waals surface area contributed by atoms with E-state index in [1.807, 2.05) is 24.3 Å². The monoisotopic (exact) mass is 249 g/mol. The van der Waals surface area contributed by atoms with Gasteiger partial charge in [-0.1, -0.05) is 12.1 Å². The summed E-state index contributed by atoms with van der Waals surface area (Å²) in [6, 6.07) is 8.23. The minimum Gasteiger partial charge on any atom is -0.497 e. The Bertz CT molecular complexity index is 393. The van der Waals surface area contributed by atoms with Gasteiger partial charge in [0.1, 0.15) is 5.75 Å². The number of benzene rings is 1. The van der Waals surface area contributed by atoms with Crippen LogP contribution in [0.15, 0.2) is 24.3 Å². The minimum atomic E-state index is -0.239. The predicted molar refractivity (Wildman–Crippen MR) is 67.6 cm³/mol. The lowest BCUT2D eigenvalue weighted by Gasteiger charge is -2.40. The normalized spacial score (nSPS) is 31.7. The van der Waals surface area contributed by atoms with E-state index in [-0.39, 0.29) is 12.4 Å². The van der Waals surface area contributed by atoms with Crippen molar-refractivity contribution in [3.8, 4) is 5.75 Å². The zero-order valence-electron chi connectivity index (χ0n) is 10.6. The molecule has 4 heteroatoms. The van der Waals surface area contributed by atoms with Crippen molar-refractivity contribution in [1.29, 1.82) is 0 Å². The molecular formula is C14H19NO3. The summed E-state index contributed by atoms with van der Waals surface area (Å²) in [7, 11) is 1.67. The van der Waals surface area contributed by atoms with E-state index in [1.165, 1.54) is 6.42 Å². The van der Waals surface area contributed by atoms with Crippen molar-refractivity contribution in [2.24, 2.45) is 0 Å². The topological polar surface area (TPSA) is 39.7 Å². The van der Waals surface area contributed by atoms with E-state index in [2.05, 4.69) is 5.32 Å². The summed E-state index contributed by atoms with van der Waals surface area (Å²) in [5, 5.41) is 3.44. The van der Waals surface area contributed by atoms with Crippen molar-refractivity contribution in [1.82, 2.24) is 5.32 Å². The average molecular weight is 249 g/mol. The van der Waals surface area contributed by atoms with Gasteiger partial charge in [0.15, 0.2) is 6.29 Å². The molecule has 2 saturated heterocycles. The molecule has 1 N–H and O–H groups in total. The van der Waals surface area contributed by atoms with Gasteiger partial charge in [-0.05, 0) is 31.5 Å². The van der Waals surface area contributed by atoms with E-state index in [4.69, 9.17) is 14.2 Å². The molecule has 1 aromatic carbocycles. The first-order valence-electron chi connectivity index (χ1n) is 6.51. The Kier molecular flexibility index (Phi) is 3.50. The van der Waals surface area contributed by atoms with Crippen LogP contribution in [0.1, 0.15) is 24.7 Å². The van der Waals surface area contributed by atoms with E-state index in [9.17, 15) is 0 Å². The maximum absolute atomic E-state index is 6.02. The SMILES string of the molecule is COc1ccc([C@@H]2OC[C@H]3NCCC[C@H]3O2)cc1. The van der Waals surface area contributed by atoms with Gasteiger partial charge in [0.2, 0.25) is 0 Å². The third kappa shape index (κ3) is 2.36. The maximum atomic E-state index is 6.02. The fourth-order valence-corrected chi connectivity index (χ4v) is 2.58. The highest BCUT2D eigenvalue weighted by molar-refractivity contribution is 5.28. The molecule has 0 radical (unpaired) electrons. The van der Waals surface area contributed by atoms with Crippen LogP contribution in [0.3, 0.4) is 0 Å². The number of fused-ring (bicyclic) bond motifs is 1. The molecule has 18 heavy (non-hydrogen) atoms. The molecule has 0 amide bonds. The molecule has 2 aliphatic heterocycles. The second-order valence-electron chi connectivity index (χ2n) is 4.82. The molecule has 2 aliphatic rings. The average Bonchev–Trinajstić information content (AvgIpc) is 2.47. The third-order valence-electron chi connectivity index (χ3n) is 3.63. The first kappa shape index (κ1) is 12.0. The number of piperidine rings is 1. The molecule has 2 fully saturated rings. The summed E-state index contributed by atoms with van der Waals surface area (Å²) in [6.45, 7) is 1.79. The molecule has 2 heterocycles. The number of ether oxygens (including phenoxy) is 3. The van der Waals surface area contributed by atoms with Gasteiger partial charge in [0.05, 0.1) is 25.9 Å². The lowest BCUT2D eigenvalue weighted by Crippen LogP contribution is -2.52. The molecule has 0 spiro atoms. The van der Waals surface area contributed by atoms with E-state index in [1.54, 1.807) is 7.11 Å². The van der Waals surface area contributed by atoms with Crippen molar-refractivity contribution in [3.05, 3.63) is 29.8 Å². The maximum Gasteiger partial charge on any atom is 0.184 e. The Morgan fingerprint density at radius 2 is 2.11 bits per heavy atom. The smallest absolute Gasteiger partial charge is 0.184 e. The number of hydrogen-bond donors (Lipinski definition) is 1. The van der Waals surface area contributed by atoms with Gasteiger partial charge in [0, 0.05) is 5.56 Å². The van der Waals surface area contributed by atoms with Gasteiger partial charge in [-0.25, -0.2) is 0 Å². The van der Waals surface area contributed by atoms with Crippen LogP contribution >= 0.6 is 0 Å². The van der Waals surface area contributed by atoms with E-state index < -0.39 is 0 Å². The van der Waals surface area contributed by atoms with Crippen LogP contribution in [0.4, 0.5) is 0 Å². The largest absolute Gasteiger partial charge is 0.497 e. The zero-order valence-corrected chi connectivity index (χ0v) is 10.6. The van der Waals surface area contributed by atoms with Gasteiger partial charge in [-0.2, -0.15) is 0 Å². The third-order valence-corrected chi connectivity index (χ3v) is 3.63. The second kappa shape index (κ2) is 5.26. The van der Waals surface area contributed by atoms with Crippen LogP contribution in [0.5, 0.6) is 5.75 Å². The van der Waals surface area contributed by atoms with Gasteiger partial charge >= 0.3 is 0 Å². The van der Waals surface area contributed by atoms with E-state index in [0.29, 0.717) is 6.04 Å². The molecule has 0 aromatic heterocycles. The van der Waals surface area contributed by atoms with Crippen molar-refractivity contribution >= 4 is 0 Å². The van der Waals surface area contributed by atoms with Crippen LogP contribution in [-0.2, 0) is 9.47 Å². The van der Waals surface area contributed by atoms with E-state index >= 15 is 0 Å². The summed E-state index contributed by atoms with van der Waals surface area (Å²) in [5.41, 5.74) is 1.06. The summed E-state index contributed by atoms with van der Waals surface area (Å²) < 4.78 is 17.0. The first-order chi connectivity index (χ1) is 8.86. The molecule has 3 rings (SSSR count). The molecule has 4 nitrogen and oxygen atoms in total. The molecule has 98 valence electrons. The number of methoxy groups -OCH3 is 1. The number of nitrogens with one attached hydrogen (secondary N) is 1. The van der Waals surface area contributed by atoms with Gasteiger partial charge in [-0.3, -0.25) is 0 Å². The molecule has 0 unspecified atom stereocenters. The molecule has 1 aromatic rings.